The van der Waals surface area contributed by atoms with Crippen molar-refractivity contribution in [1.29, 1.82) is 0 Å². The van der Waals surface area contributed by atoms with E-state index in [4.69, 9.17) is 9.68 Å². The van der Waals surface area contributed by atoms with Crippen LogP contribution in [0.4, 0.5) is 0 Å². The fourth-order valence-electron chi connectivity index (χ4n) is 1.69. The summed E-state index contributed by atoms with van der Waals surface area (Å²) in [5.41, 5.74) is 2.46. The molecule has 0 fully saturated rings. The van der Waals surface area contributed by atoms with E-state index in [2.05, 4.69) is 13.8 Å². The summed E-state index contributed by atoms with van der Waals surface area (Å²) in [4.78, 5) is 11.2. The minimum Gasteiger partial charge on any atom is -1.00 e. The third kappa shape index (κ3) is 7.75. The van der Waals surface area contributed by atoms with Gasteiger partial charge < -0.3 is 34.0 Å². The van der Waals surface area contributed by atoms with Crippen molar-refractivity contribution in [2.75, 3.05) is 13.2 Å². The molecular weight excluding hydrogens is 412 g/mol. The van der Waals surface area contributed by atoms with Gasteiger partial charge in [-0.2, -0.15) is 0 Å². The van der Waals surface area contributed by atoms with E-state index in [1.54, 1.807) is 9.46 Å². The molecule has 0 saturated carbocycles. The average Bonchev–Trinajstić information content (AvgIpc) is 2.46. The van der Waals surface area contributed by atoms with E-state index in [1.807, 2.05) is 49.1 Å². The van der Waals surface area contributed by atoms with Gasteiger partial charge in [0.05, 0.1) is 0 Å². The van der Waals surface area contributed by atoms with Gasteiger partial charge in [-0.1, -0.05) is 0 Å². The van der Waals surface area contributed by atoms with Crippen LogP contribution in [0.2, 0.25) is 0 Å². The number of nitrogens with zero attached hydrogens (tertiary/aromatic N) is 2. The molecule has 0 radical (unpaired) electrons. The van der Waals surface area contributed by atoms with Crippen molar-refractivity contribution in [3.8, 4) is 0 Å². The number of aryl methyl sites for hydroxylation is 2. The molecule has 0 aliphatic rings. The molecule has 2 heterocycles. The molecule has 6 heteroatoms. The van der Waals surface area contributed by atoms with Crippen molar-refractivity contribution in [2.45, 2.75) is 26.7 Å². The molecule has 0 aliphatic heterocycles. The number of hydrogen-bond acceptors (Lipinski definition) is 2. The predicted molar refractivity (Wildman–Crippen MR) is 74.9 cm³/mol. The van der Waals surface area contributed by atoms with Crippen LogP contribution < -0.4 is 53.1 Å². The zero-order chi connectivity index (χ0) is 14.2. The van der Waals surface area contributed by atoms with E-state index >= 15 is 0 Å². The summed E-state index contributed by atoms with van der Waals surface area (Å²) in [6.45, 7) is 5.50. The molecule has 0 N–H and O–H groups in total. The summed E-state index contributed by atoms with van der Waals surface area (Å²) in [6.07, 6.45) is 9.63. The zero-order valence-electron chi connectivity index (χ0n) is 12.9. The maximum atomic E-state index is 5.58. The first-order valence-corrected chi connectivity index (χ1v) is 6.96. The van der Waals surface area contributed by atoms with Gasteiger partial charge in [0.25, 0.3) is 0 Å². The van der Waals surface area contributed by atoms with Gasteiger partial charge in [0.2, 0.25) is 24.8 Å². The summed E-state index contributed by atoms with van der Waals surface area (Å²) in [6, 6.07) is 8.10. The molecule has 0 saturated heterocycles. The van der Waals surface area contributed by atoms with Gasteiger partial charge in [-0.25, -0.2) is 0 Å². The van der Waals surface area contributed by atoms with Crippen molar-refractivity contribution in [3.05, 3.63) is 60.2 Å². The fourth-order valence-corrected chi connectivity index (χ4v) is 1.69. The normalized spacial score (nSPS) is 9.36. The fraction of sp³-hybridized carbons (Fsp3) is 0.375. The molecule has 0 spiro atoms. The smallest absolute Gasteiger partial charge is 0.222 e. The lowest BCUT2D eigenvalue weighted by Crippen LogP contribution is -3.00. The highest BCUT2D eigenvalue weighted by atomic mass is 79.9. The molecule has 0 bridgehead atoms. The molecule has 122 valence electrons. The van der Waals surface area contributed by atoms with E-state index in [9.17, 15) is 0 Å². The Hall–Kier alpha value is -1.14. The van der Waals surface area contributed by atoms with E-state index in [0.29, 0.717) is 13.2 Å². The van der Waals surface area contributed by atoms with Gasteiger partial charge in [-0.05, 0) is 37.8 Å². The van der Waals surface area contributed by atoms with Gasteiger partial charge in [0.1, 0.15) is 0 Å². The van der Waals surface area contributed by atoms with Crippen molar-refractivity contribution in [1.82, 2.24) is 0 Å². The number of unbranched alkanes of at least 4 members (excludes halogenated alkanes) is 1. The quantitative estimate of drug-likeness (QED) is 0.323. The molecule has 2 aromatic rings. The molecule has 0 atom stereocenters. The van der Waals surface area contributed by atoms with Crippen LogP contribution in [0.5, 0.6) is 0 Å². The molecule has 22 heavy (non-hydrogen) atoms. The Kier molecular flexibility index (Phi) is 10.8. The second-order valence-corrected chi connectivity index (χ2v) is 4.84. The topological polar surface area (TPSA) is 26.2 Å². The molecule has 0 unspecified atom stereocenters. The van der Waals surface area contributed by atoms with Gasteiger partial charge in [0, 0.05) is 33.7 Å². The highest BCUT2D eigenvalue weighted by Gasteiger charge is 2.02. The summed E-state index contributed by atoms with van der Waals surface area (Å²) >= 11 is 0. The zero-order valence-corrected chi connectivity index (χ0v) is 16.1. The number of hydrogen-bond donors (Lipinski definition) is 0. The Morgan fingerprint density at radius 2 is 1.00 bits per heavy atom. The minimum atomic E-state index is 0. The summed E-state index contributed by atoms with van der Waals surface area (Å²) in [5.74, 6) is 0. The van der Waals surface area contributed by atoms with Crippen LogP contribution in [0.3, 0.4) is 0 Å². The Morgan fingerprint density at radius 3 is 1.32 bits per heavy atom. The largest absolute Gasteiger partial charge is 1.00 e. The van der Waals surface area contributed by atoms with Gasteiger partial charge >= 0.3 is 0 Å². The maximum absolute atomic E-state index is 5.58. The van der Waals surface area contributed by atoms with E-state index in [0.717, 1.165) is 12.8 Å². The van der Waals surface area contributed by atoms with Crippen LogP contribution in [0.25, 0.3) is 0 Å². The van der Waals surface area contributed by atoms with Crippen molar-refractivity contribution in [2.24, 2.45) is 0 Å². The second-order valence-electron chi connectivity index (χ2n) is 4.84. The van der Waals surface area contributed by atoms with Crippen molar-refractivity contribution < 1.29 is 53.1 Å². The molecule has 0 amide bonds. The Balaban J connectivity index is 0.00000220. The minimum absolute atomic E-state index is 0. The average molecular weight is 434 g/mol. The lowest BCUT2D eigenvalue weighted by Gasteiger charge is -2.00. The predicted octanol–water partition coefficient (Wildman–Crippen LogP) is -4.78. The van der Waals surface area contributed by atoms with Crippen LogP contribution in [0.1, 0.15) is 24.0 Å². The molecule has 2 rings (SSSR count). The standard InChI is InChI=1S/C16H22N2O2.2BrH/c1-15-5-9-17(10-6-15)19-13-3-4-14-20-18-11-7-16(2)8-12-18;;/h5-12H,3-4,13-14H2,1-2H3;2*1H/q+2;;/p-2. The first-order valence-electron chi connectivity index (χ1n) is 6.96. The number of rotatable bonds is 7. The first kappa shape index (κ1) is 20.9. The molecule has 2 aromatic heterocycles. The van der Waals surface area contributed by atoms with E-state index in [1.165, 1.54) is 11.1 Å². The Bertz CT molecular complexity index is 469. The third-order valence-electron chi connectivity index (χ3n) is 2.96. The number of aromatic nitrogens is 2. The number of pyridine rings is 2. The summed E-state index contributed by atoms with van der Waals surface area (Å²) in [5, 5.41) is 0. The third-order valence-corrected chi connectivity index (χ3v) is 2.96. The second kappa shape index (κ2) is 11.4. The summed E-state index contributed by atoms with van der Waals surface area (Å²) in [7, 11) is 0. The number of halogens is 2. The lowest BCUT2D eigenvalue weighted by molar-refractivity contribution is -0.893. The lowest BCUT2D eigenvalue weighted by atomic mass is 10.3. The monoisotopic (exact) mass is 432 g/mol. The van der Waals surface area contributed by atoms with Gasteiger partial charge in [-0.3, -0.25) is 9.68 Å². The first-order chi connectivity index (χ1) is 9.74. The van der Waals surface area contributed by atoms with Crippen LogP contribution in [0.15, 0.2) is 49.1 Å². The van der Waals surface area contributed by atoms with Crippen LogP contribution in [-0.4, -0.2) is 13.2 Å². The molecule has 0 aromatic carbocycles. The highest BCUT2D eigenvalue weighted by molar-refractivity contribution is 5.03. The van der Waals surface area contributed by atoms with E-state index in [-0.39, 0.29) is 34.0 Å². The van der Waals surface area contributed by atoms with Crippen molar-refractivity contribution in [3.63, 3.8) is 0 Å². The maximum Gasteiger partial charge on any atom is 0.222 e. The molecular formula is C16H22Br2N2O2. The summed E-state index contributed by atoms with van der Waals surface area (Å²) < 4.78 is 3.48. The van der Waals surface area contributed by atoms with Gasteiger partial charge in [0.15, 0.2) is 13.2 Å². The Labute approximate surface area is 153 Å². The Morgan fingerprint density at radius 1 is 0.682 bits per heavy atom. The van der Waals surface area contributed by atoms with Gasteiger partial charge in [-0.15, -0.1) is 0 Å². The molecule has 0 aliphatic carbocycles. The van der Waals surface area contributed by atoms with Crippen molar-refractivity contribution >= 4 is 0 Å². The SMILES string of the molecule is Cc1cc[n+](OCCCCO[n+]2ccc(C)cc2)cc1.[Br-].[Br-]. The van der Waals surface area contributed by atoms with E-state index < -0.39 is 0 Å². The highest BCUT2D eigenvalue weighted by Crippen LogP contribution is 1.91. The van der Waals surface area contributed by atoms with Crippen LogP contribution in [0, 0.1) is 13.8 Å². The van der Waals surface area contributed by atoms with Crippen LogP contribution in [-0.2, 0) is 0 Å². The molecule has 4 nitrogen and oxygen atoms in total. The van der Waals surface area contributed by atoms with Crippen LogP contribution >= 0.6 is 0 Å².